The first-order valence-electron chi connectivity index (χ1n) is 9.44. The first-order valence-corrected chi connectivity index (χ1v) is 9.44. The largest absolute Gasteiger partial charge is 0.490 e. The van der Waals surface area contributed by atoms with Gasteiger partial charge in [-0.05, 0) is 38.1 Å². The molecule has 0 bridgehead atoms. The number of amides is 1. The number of nitrogens with zero attached hydrogens (tertiary/aromatic N) is 2. The van der Waals surface area contributed by atoms with Crippen LogP contribution in [0.15, 0.2) is 24.3 Å². The zero-order valence-corrected chi connectivity index (χ0v) is 15.7. The van der Waals surface area contributed by atoms with Crippen LogP contribution in [-0.4, -0.2) is 61.7 Å². The number of hydrogen-bond acceptors (Lipinski definition) is 6. The van der Waals surface area contributed by atoms with E-state index in [2.05, 4.69) is 5.32 Å². The van der Waals surface area contributed by atoms with E-state index in [1.165, 1.54) is 12.1 Å². The summed E-state index contributed by atoms with van der Waals surface area (Å²) in [6, 6.07) is 6.13. The third-order valence-corrected chi connectivity index (χ3v) is 5.51. The average Bonchev–Trinajstić information content (AvgIpc) is 2.69. The maximum Gasteiger partial charge on any atom is 0.269 e. The monoisotopic (exact) mass is 377 g/mol. The van der Waals surface area contributed by atoms with Gasteiger partial charge in [-0.1, -0.05) is 0 Å². The molecule has 8 nitrogen and oxygen atoms in total. The quantitative estimate of drug-likeness (QED) is 0.602. The van der Waals surface area contributed by atoms with Crippen LogP contribution in [0.2, 0.25) is 0 Å². The summed E-state index contributed by atoms with van der Waals surface area (Å²) < 4.78 is 11.3. The number of ether oxygens (including phenoxy) is 2. The van der Waals surface area contributed by atoms with Crippen molar-refractivity contribution < 1.29 is 19.2 Å². The fraction of sp³-hybridized carbons (Fsp3) is 0.632. The molecule has 148 valence electrons. The summed E-state index contributed by atoms with van der Waals surface area (Å²) in [5, 5.41) is 14.0. The van der Waals surface area contributed by atoms with E-state index in [1.807, 2.05) is 4.90 Å². The van der Waals surface area contributed by atoms with E-state index in [-0.39, 0.29) is 17.7 Å². The topological polar surface area (TPSA) is 93.9 Å². The molecule has 0 spiro atoms. The third-order valence-electron chi connectivity index (χ3n) is 5.51. The Bertz CT molecular complexity index is 644. The van der Waals surface area contributed by atoms with Crippen molar-refractivity contribution in [1.29, 1.82) is 0 Å². The number of nitro groups is 1. The zero-order chi connectivity index (χ0) is 19.3. The van der Waals surface area contributed by atoms with E-state index in [0.717, 1.165) is 38.8 Å². The lowest BCUT2D eigenvalue weighted by molar-refractivity contribution is -0.384. The molecule has 8 heteroatoms. The van der Waals surface area contributed by atoms with Gasteiger partial charge in [0.2, 0.25) is 5.91 Å². The molecule has 0 saturated carbocycles. The molecule has 0 radical (unpaired) electrons. The molecule has 3 rings (SSSR count). The number of methoxy groups -OCH3 is 1. The summed E-state index contributed by atoms with van der Waals surface area (Å²) >= 11 is 0. The maximum absolute atomic E-state index is 13.1. The summed E-state index contributed by atoms with van der Waals surface area (Å²) in [4.78, 5) is 25.4. The maximum atomic E-state index is 13.1. The fourth-order valence-corrected chi connectivity index (χ4v) is 3.95. The fourth-order valence-electron chi connectivity index (χ4n) is 3.95. The number of benzene rings is 1. The Balaban J connectivity index is 1.54. The summed E-state index contributed by atoms with van der Waals surface area (Å²) in [5.74, 6) is 0.819. The number of likely N-dealkylation sites (tertiary alicyclic amines) is 1. The summed E-state index contributed by atoms with van der Waals surface area (Å²) in [5.41, 5.74) is -0.361. The summed E-state index contributed by atoms with van der Waals surface area (Å²) in [6.45, 7) is 3.47. The van der Waals surface area contributed by atoms with Crippen molar-refractivity contribution in [3.8, 4) is 5.75 Å². The molecule has 2 aliphatic heterocycles. The Kier molecular flexibility index (Phi) is 6.28. The molecule has 1 aromatic carbocycles. The highest BCUT2D eigenvalue weighted by Gasteiger charge is 2.43. The van der Waals surface area contributed by atoms with E-state index in [9.17, 15) is 14.9 Å². The minimum absolute atomic E-state index is 0.0157. The summed E-state index contributed by atoms with van der Waals surface area (Å²) in [7, 11) is 1.65. The van der Waals surface area contributed by atoms with Gasteiger partial charge in [-0.25, -0.2) is 0 Å². The highest BCUT2D eigenvalue weighted by atomic mass is 16.6. The Morgan fingerprint density at radius 2 is 1.89 bits per heavy atom. The molecule has 2 saturated heterocycles. The van der Waals surface area contributed by atoms with Crippen molar-refractivity contribution in [2.75, 3.05) is 39.9 Å². The van der Waals surface area contributed by atoms with Gasteiger partial charge in [0, 0.05) is 45.2 Å². The first kappa shape index (κ1) is 19.6. The second-order valence-corrected chi connectivity index (χ2v) is 7.32. The van der Waals surface area contributed by atoms with E-state index in [1.54, 1.807) is 19.2 Å². The Hall–Kier alpha value is -2.19. The minimum Gasteiger partial charge on any atom is -0.490 e. The van der Waals surface area contributed by atoms with Crippen molar-refractivity contribution in [3.63, 3.8) is 0 Å². The van der Waals surface area contributed by atoms with Crippen LogP contribution in [0.5, 0.6) is 5.75 Å². The van der Waals surface area contributed by atoms with E-state index < -0.39 is 10.3 Å². The van der Waals surface area contributed by atoms with Gasteiger partial charge in [0.15, 0.2) is 0 Å². The van der Waals surface area contributed by atoms with E-state index in [4.69, 9.17) is 9.47 Å². The number of carbonyl (C=O) groups is 1. The first-order chi connectivity index (χ1) is 13.0. The number of piperidine rings is 2. The second kappa shape index (κ2) is 8.67. The van der Waals surface area contributed by atoms with Gasteiger partial charge in [0.1, 0.15) is 11.9 Å². The lowest BCUT2D eigenvalue weighted by Crippen LogP contribution is -2.54. The Morgan fingerprint density at radius 3 is 2.44 bits per heavy atom. The van der Waals surface area contributed by atoms with Crippen LogP contribution < -0.4 is 10.1 Å². The lowest BCUT2D eigenvalue weighted by Gasteiger charge is -2.41. The molecule has 27 heavy (non-hydrogen) atoms. The average molecular weight is 377 g/mol. The molecule has 1 amide bonds. The van der Waals surface area contributed by atoms with E-state index >= 15 is 0 Å². The SMILES string of the molecule is COCC1(C(=O)N2CCC(Oc3ccc([N+](=O)[O-])cc3)CC2)CCNCC1. The highest BCUT2D eigenvalue weighted by molar-refractivity contribution is 5.83. The lowest BCUT2D eigenvalue weighted by atomic mass is 9.78. The smallest absolute Gasteiger partial charge is 0.269 e. The minimum atomic E-state index is -0.426. The van der Waals surface area contributed by atoms with Gasteiger partial charge in [-0.2, -0.15) is 0 Å². The summed E-state index contributed by atoms with van der Waals surface area (Å²) in [6.07, 6.45) is 3.13. The van der Waals surface area contributed by atoms with Crippen LogP contribution >= 0.6 is 0 Å². The molecule has 0 aromatic heterocycles. The second-order valence-electron chi connectivity index (χ2n) is 7.32. The molecule has 0 aliphatic carbocycles. The van der Waals surface area contributed by atoms with Gasteiger partial charge in [-0.3, -0.25) is 14.9 Å². The van der Waals surface area contributed by atoms with E-state index in [0.29, 0.717) is 25.4 Å². The normalized spacial score (nSPS) is 20.3. The molecule has 2 heterocycles. The molecule has 1 N–H and O–H groups in total. The van der Waals surface area contributed by atoms with Crippen molar-refractivity contribution in [3.05, 3.63) is 34.4 Å². The molecule has 2 aliphatic rings. The van der Waals surface area contributed by atoms with Gasteiger partial charge in [0.05, 0.1) is 16.9 Å². The van der Waals surface area contributed by atoms with Gasteiger partial charge < -0.3 is 19.7 Å². The van der Waals surface area contributed by atoms with Crippen molar-refractivity contribution in [1.82, 2.24) is 10.2 Å². The van der Waals surface area contributed by atoms with Crippen LogP contribution in [0, 0.1) is 15.5 Å². The highest BCUT2D eigenvalue weighted by Crippen LogP contribution is 2.33. The molecule has 1 aromatic rings. The number of nitrogens with one attached hydrogen (secondary N) is 1. The predicted octanol–water partition coefficient (Wildman–Crippen LogP) is 1.98. The number of carbonyl (C=O) groups excluding carboxylic acids is 1. The number of non-ortho nitro benzene ring substituents is 1. The molecule has 0 unspecified atom stereocenters. The van der Waals surface area contributed by atoms with Gasteiger partial charge >= 0.3 is 0 Å². The zero-order valence-electron chi connectivity index (χ0n) is 15.7. The van der Waals surface area contributed by atoms with Gasteiger partial charge in [0.25, 0.3) is 5.69 Å². The molecular weight excluding hydrogens is 350 g/mol. The third kappa shape index (κ3) is 4.56. The molecular formula is C19H27N3O5. The van der Waals surface area contributed by atoms with Crippen LogP contribution in [-0.2, 0) is 9.53 Å². The van der Waals surface area contributed by atoms with Crippen LogP contribution in [0.3, 0.4) is 0 Å². The standard InChI is InChI=1S/C19H27N3O5/c1-26-14-19(8-10-20-11-9-19)18(23)21-12-6-17(7-13-21)27-16-4-2-15(3-5-16)22(24)25/h2-5,17,20H,6-14H2,1H3. The van der Waals surface area contributed by atoms with Crippen LogP contribution in [0.1, 0.15) is 25.7 Å². The number of nitro benzene ring substituents is 1. The van der Waals surface area contributed by atoms with Crippen molar-refractivity contribution >= 4 is 11.6 Å². The predicted molar refractivity (Wildman–Crippen MR) is 99.7 cm³/mol. The molecule has 0 atom stereocenters. The molecule has 2 fully saturated rings. The van der Waals surface area contributed by atoms with Crippen molar-refractivity contribution in [2.24, 2.45) is 5.41 Å². The number of rotatable bonds is 6. The Morgan fingerprint density at radius 1 is 1.26 bits per heavy atom. The van der Waals surface area contributed by atoms with Crippen LogP contribution in [0.25, 0.3) is 0 Å². The Labute approximate surface area is 159 Å². The van der Waals surface area contributed by atoms with Crippen molar-refractivity contribution in [2.45, 2.75) is 31.8 Å². The number of hydrogen-bond donors (Lipinski definition) is 1. The van der Waals surface area contributed by atoms with Gasteiger partial charge in [-0.15, -0.1) is 0 Å². The van der Waals surface area contributed by atoms with Crippen LogP contribution in [0.4, 0.5) is 5.69 Å².